The molecule has 2 rings (SSSR count). The minimum atomic E-state index is 0.0736. The van der Waals surface area contributed by atoms with E-state index in [1.807, 2.05) is 31.2 Å². The Labute approximate surface area is 104 Å². The Kier molecular flexibility index (Phi) is 3.42. The quantitative estimate of drug-likeness (QED) is 0.856. The van der Waals surface area contributed by atoms with Crippen LogP contribution < -0.4 is 5.32 Å². The van der Waals surface area contributed by atoms with E-state index in [4.69, 9.17) is 27.6 Å². The van der Waals surface area contributed by atoms with Gasteiger partial charge in [0.15, 0.2) is 0 Å². The number of benzene rings is 1. The van der Waals surface area contributed by atoms with Gasteiger partial charge in [0.2, 0.25) is 0 Å². The first-order chi connectivity index (χ1) is 7.65. The van der Waals surface area contributed by atoms with E-state index in [9.17, 15) is 0 Å². The number of rotatable bonds is 3. The van der Waals surface area contributed by atoms with Crippen LogP contribution in [0.15, 0.2) is 41.0 Å². The summed E-state index contributed by atoms with van der Waals surface area (Å²) in [5.41, 5.74) is 0.876. The molecule has 1 aromatic heterocycles. The van der Waals surface area contributed by atoms with Crippen molar-refractivity contribution in [1.29, 1.82) is 0 Å². The normalized spacial score (nSPS) is 12.4. The van der Waals surface area contributed by atoms with E-state index in [1.165, 1.54) is 0 Å². The van der Waals surface area contributed by atoms with Gasteiger partial charge in [0.05, 0.1) is 12.3 Å². The highest BCUT2D eigenvalue weighted by molar-refractivity contribution is 6.35. The number of hydrogen-bond acceptors (Lipinski definition) is 2. The molecule has 4 heteroatoms. The second-order valence-electron chi connectivity index (χ2n) is 3.54. The van der Waals surface area contributed by atoms with E-state index in [1.54, 1.807) is 12.3 Å². The summed E-state index contributed by atoms with van der Waals surface area (Å²) in [6.45, 7) is 2.01. The first kappa shape index (κ1) is 11.4. The Morgan fingerprint density at radius 3 is 2.44 bits per heavy atom. The Morgan fingerprint density at radius 2 is 1.88 bits per heavy atom. The predicted octanol–water partition coefficient (Wildman–Crippen LogP) is 4.76. The highest BCUT2D eigenvalue weighted by Gasteiger charge is 2.08. The molecule has 1 heterocycles. The van der Waals surface area contributed by atoms with Crippen molar-refractivity contribution in [2.45, 2.75) is 13.0 Å². The van der Waals surface area contributed by atoms with Crippen molar-refractivity contribution in [3.05, 3.63) is 52.4 Å². The zero-order chi connectivity index (χ0) is 11.5. The van der Waals surface area contributed by atoms with E-state index in [2.05, 4.69) is 5.32 Å². The van der Waals surface area contributed by atoms with Gasteiger partial charge in [-0.05, 0) is 37.3 Å². The molecule has 0 spiro atoms. The molecule has 0 aliphatic carbocycles. The second kappa shape index (κ2) is 4.81. The summed E-state index contributed by atoms with van der Waals surface area (Å²) in [5, 5.41) is 4.49. The molecular formula is C12H11Cl2NO. The number of nitrogens with one attached hydrogen (secondary N) is 1. The molecule has 0 fully saturated rings. The maximum Gasteiger partial charge on any atom is 0.125 e. The Hall–Kier alpha value is -1.12. The van der Waals surface area contributed by atoms with Crippen LogP contribution in [0.3, 0.4) is 0 Å². The van der Waals surface area contributed by atoms with Gasteiger partial charge in [-0.3, -0.25) is 0 Å². The maximum atomic E-state index is 5.91. The molecule has 1 unspecified atom stereocenters. The number of halogens is 2. The molecule has 1 atom stereocenters. The van der Waals surface area contributed by atoms with Gasteiger partial charge in [-0.15, -0.1) is 0 Å². The Balaban J connectivity index is 2.15. The largest absolute Gasteiger partial charge is 0.467 e. The van der Waals surface area contributed by atoms with Crippen LogP contribution in [0.2, 0.25) is 10.0 Å². The van der Waals surface area contributed by atoms with E-state index in [-0.39, 0.29) is 6.04 Å². The molecule has 0 radical (unpaired) electrons. The van der Waals surface area contributed by atoms with Crippen LogP contribution in [0.25, 0.3) is 0 Å². The third-order valence-electron chi connectivity index (χ3n) is 2.22. The molecule has 0 aliphatic rings. The smallest absolute Gasteiger partial charge is 0.125 e. The van der Waals surface area contributed by atoms with Crippen LogP contribution in [-0.2, 0) is 0 Å². The lowest BCUT2D eigenvalue weighted by atomic mass is 10.2. The fourth-order valence-corrected chi connectivity index (χ4v) is 2.02. The van der Waals surface area contributed by atoms with Crippen molar-refractivity contribution in [3.63, 3.8) is 0 Å². The van der Waals surface area contributed by atoms with Crippen molar-refractivity contribution < 1.29 is 4.42 Å². The molecule has 2 aromatic rings. The van der Waals surface area contributed by atoms with Crippen LogP contribution in [0.1, 0.15) is 18.7 Å². The van der Waals surface area contributed by atoms with Gasteiger partial charge in [0, 0.05) is 15.7 Å². The van der Waals surface area contributed by atoms with Crippen LogP contribution in [0.4, 0.5) is 5.69 Å². The molecule has 0 amide bonds. The molecule has 1 aromatic carbocycles. The van der Waals surface area contributed by atoms with Crippen molar-refractivity contribution in [2.24, 2.45) is 0 Å². The minimum Gasteiger partial charge on any atom is -0.467 e. The van der Waals surface area contributed by atoms with E-state index in [0.717, 1.165) is 11.4 Å². The highest BCUT2D eigenvalue weighted by Crippen LogP contribution is 2.25. The molecule has 0 saturated carbocycles. The van der Waals surface area contributed by atoms with Gasteiger partial charge in [0.25, 0.3) is 0 Å². The van der Waals surface area contributed by atoms with E-state index < -0.39 is 0 Å². The zero-order valence-electron chi connectivity index (χ0n) is 8.71. The summed E-state index contributed by atoms with van der Waals surface area (Å²) in [6.07, 6.45) is 1.65. The number of furan rings is 1. The maximum absolute atomic E-state index is 5.91. The summed E-state index contributed by atoms with van der Waals surface area (Å²) >= 11 is 11.8. The van der Waals surface area contributed by atoms with Crippen molar-refractivity contribution >= 4 is 28.9 Å². The van der Waals surface area contributed by atoms with Crippen molar-refractivity contribution in [1.82, 2.24) is 0 Å². The first-order valence-electron chi connectivity index (χ1n) is 4.91. The third kappa shape index (κ3) is 2.71. The summed E-state index contributed by atoms with van der Waals surface area (Å²) in [6, 6.07) is 9.21. The predicted molar refractivity (Wildman–Crippen MR) is 67.2 cm³/mol. The average molecular weight is 256 g/mol. The minimum absolute atomic E-state index is 0.0736. The van der Waals surface area contributed by atoms with Gasteiger partial charge in [-0.25, -0.2) is 0 Å². The standard InChI is InChI=1S/C12H11Cl2NO/c1-8(12-3-2-4-16-12)15-11-6-9(13)5-10(14)7-11/h2-8,15H,1H3. The van der Waals surface area contributed by atoms with Crippen LogP contribution in [0, 0.1) is 0 Å². The van der Waals surface area contributed by atoms with Gasteiger partial charge in [0.1, 0.15) is 5.76 Å². The third-order valence-corrected chi connectivity index (χ3v) is 2.65. The molecule has 0 saturated heterocycles. The van der Waals surface area contributed by atoms with Crippen LogP contribution in [0.5, 0.6) is 0 Å². The second-order valence-corrected chi connectivity index (χ2v) is 4.41. The molecule has 84 valence electrons. The molecular weight excluding hydrogens is 245 g/mol. The van der Waals surface area contributed by atoms with Gasteiger partial charge >= 0.3 is 0 Å². The van der Waals surface area contributed by atoms with Crippen LogP contribution >= 0.6 is 23.2 Å². The van der Waals surface area contributed by atoms with Crippen molar-refractivity contribution in [3.8, 4) is 0 Å². The fourth-order valence-electron chi connectivity index (χ4n) is 1.50. The SMILES string of the molecule is CC(Nc1cc(Cl)cc(Cl)c1)c1ccco1. The van der Waals surface area contributed by atoms with E-state index >= 15 is 0 Å². The van der Waals surface area contributed by atoms with Crippen molar-refractivity contribution in [2.75, 3.05) is 5.32 Å². The lowest BCUT2D eigenvalue weighted by Gasteiger charge is -2.13. The number of anilines is 1. The zero-order valence-corrected chi connectivity index (χ0v) is 10.2. The molecule has 16 heavy (non-hydrogen) atoms. The summed E-state index contributed by atoms with van der Waals surface area (Å²) in [7, 11) is 0. The van der Waals surface area contributed by atoms with Crippen LogP contribution in [-0.4, -0.2) is 0 Å². The molecule has 0 aliphatic heterocycles. The first-order valence-corrected chi connectivity index (χ1v) is 5.67. The Bertz CT molecular complexity index is 448. The number of hydrogen-bond donors (Lipinski definition) is 1. The molecule has 0 bridgehead atoms. The molecule has 1 N–H and O–H groups in total. The van der Waals surface area contributed by atoms with Gasteiger partial charge in [-0.2, -0.15) is 0 Å². The van der Waals surface area contributed by atoms with E-state index in [0.29, 0.717) is 10.0 Å². The monoisotopic (exact) mass is 255 g/mol. The topological polar surface area (TPSA) is 25.2 Å². The lowest BCUT2D eigenvalue weighted by molar-refractivity contribution is 0.490. The summed E-state index contributed by atoms with van der Waals surface area (Å²) in [5.74, 6) is 0.871. The molecule has 2 nitrogen and oxygen atoms in total. The summed E-state index contributed by atoms with van der Waals surface area (Å²) < 4.78 is 5.30. The van der Waals surface area contributed by atoms with Gasteiger partial charge < -0.3 is 9.73 Å². The highest BCUT2D eigenvalue weighted by atomic mass is 35.5. The van der Waals surface area contributed by atoms with Gasteiger partial charge in [-0.1, -0.05) is 23.2 Å². The Morgan fingerprint density at radius 1 is 1.19 bits per heavy atom. The summed E-state index contributed by atoms with van der Waals surface area (Å²) in [4.78, 5) is 0. The lowest BCUT2D eigenvalue weighted by Crippen LogP contribution is -2.05. The fraction of sp³-hybridized carbons (Fsp3) is 0.167. The average Bonchev–Trinajstić information content (AvgIpc) is 2.68.